The van der Waals surface area contributed by atoms with Crippen molar-refractivity contribution >= 4 is 5.78 Å². The summed E-state index contributed by atoms with van der Waals surface area (Å²) in [6, 6.07) is 18.9. The SMILES string of the molecule is C[C@]1([C@@H]2C=CC[C@H](c3ccccc3)C2)CCc2ccccc2C1=O. The number of carbonyl (C=O) groups is 1. The second-order valence-corrected chi connectivity index (χ2v) is 7.52. The molecule has 2 aromatic carbocycles. The van der Waals surface area contributed by atoms with Gasteiger partial charge in [0, 0.05) is 11.0 Å². The fourth-order valence-corrected chi connectivity index (χ4v) is 4.49. The molecule has 0 amide bonds. The lowest BCUT2D eigenvalue weighted by atomic mass is 9.61. The van der Waals surface area contributed by atoms with E-state index >= 15 is 0 Å². The van der Waals surface area contributed by atoms with Crippen molar-refractivity contribution in [2.75, 3.05) is 0 Å². The Morgan fingerprint density at radius 2 is 1.75 bits per heavy atom. The van der Waals surface area contributed by atoms with Crippen LogP contribution in [0.25, 0.3) is 0 Å². The fourth-order valence-electron chi connectivity index (χ4n) is 4.49. The maximum absolute atomic E-state index is 13.2. The summed E-state index contributed by atoms with van der Waals surface area (Å²) in [6.45, 7) is 2.19. The number of allylic oxidation sites excluding steroid dienone is 2. The highest BCUT2D eigenvalue weighted by atomic mass is 16.1. The minimum absolute atomic E-state index is 0.266. The van der Waals surface area contributed by atoms with Crippen LogP contribution in [0.15, 0.2) is 66.7 Å². The molecule has 3 atom stereocenters. The van der Waals surface area contributed by atoms with Crippen LogP contribution in [0.3, 0.4) is 0 Å². The van der Waals surface area contributed by atoms with Crippen molar-refractivity contribution in [3.8, 4) is 0 Å². The van der Waals surface area contributed by atoms with Crippen LogP contribution in [0, 0.1) is 11.3 Å². The van der Waals surface area contributed by atoms with Crippen molar-refractivity contribution in [2.24, 2.45) is 11.3 Å². The molecule has 0 radical (unpaired) electrons. The number of Topliss-reactive ketones (excluding diaryl/α,β-unsaturated/α-hetero) is 1. The lowest BCUT2D eigenvalue weighted by Crippen LogP contribution is -2.40. The first-order valence-electron chi connectivity index (χ1n) is 9.03. The van der Waals surface area contributed by atoms with E-state index in [1.54, 1.807) is 0 Å². The molecule has 2 aliphatic carbocycles. The quantitative estimate of drug-likeness (QED) is 0.662. The van der Waals surface area contributed by atoms with E-state index in [1.807, 2.05) is 18.2 Å². The third-order valence-electron chi connectivity index (χ3n) is 6.11. The van der Waals surface area contributed by atoms with Crippen LogP contribution in [0.4, 0.5) is 0 Å². The monoisotopic (exact) mass is 316 g/mol. The molecular formula is C23H24O. The summed E-state index contributed by atoms with van der Waals surface area (Å²) in [6.07, 6.45) is 8.74. The van der Waals surface area contributed by atoms with Crippen molar-refractivity contribution < 1.29 is 4.79 Å². The summed E-state index contributed by atoms with van der Waals surface area (Å²) < 4.78 is 0. The largest absolute Gasteiger partial charge is 0.294 e. The Hall–Kier alpha value is -2.15. The third kappa shape index (κ3) is 2.53. The predicted octanol–water partition coefficient (Wildman–Crippen LogP) is 5.57. The summed E-state index contributed by atoms with van der Waals surface area (Å²) in [5.41, 5.74) is 3.30. The first-order valence-corrected chi connectivity index (χ1v) is 9.03. The highest BCUT2D eigenvalue weighted by Crippen LogP contribution is 2.47. The van der Waals surface area contributed by atoms with Crippen LogP contribution in [0.5, 0.6) is 0 Å². The Bertz CT molecular complexity index is 774. The smallest absolute Gasteiger partial charge is 0.169 e. The van der Waals surface area contributed by atoms with E-state index in [2.05, 4.69) is 55.5 Å². The van der Waals surface area contributed by atoms with Crippen molar-refractivity contribution in [2.45, 2.75) is 38.5 Å². The normalized spacial score (nSPS) is 29.3. The minimum Gasteiger partial charge on any atom is -0.294 e. The zero-order valence-corrected chi connectivity index (χ0v) is 14.2. The molecule has 0 unspecified atom stereocenters. The number of benzene rings is 2. The van der Waals surface area contributed by atoms with Crippen LogP contribution >= 0.6 is 0 Å². The first kappa shape index (κ1) is 15.4. The Morgan fingerprint density at radius 3 is 2.58 bits per heavy atom. The number of fused-ring (bicyclic) bond motifs is 1. The van der Waals surface area contributed by atoms with Gasteiger partial charge in [-0.1, -0.05) is 73.7 Å². The number of carbonyl (C=O) groups excluding carboxylic acids is 1. The molecule has 0 saturated heterocycles. The van der Waals surface area contributed by atoms with Crippen molar-refractivity contribution in [1.82, 2.24) is 0 Å². The summed E-state index contributed by atoms with van der Waals surface area (Å²) >= 11 is 0. The molecule has 1 heteroatoms. The topological polar surface area (TPSA) is 17.1 Å². The summed E-state index contributed by atoms with van der Waals surface area (Å²) in [4.78, 5) is 13.2. The molecule has 0 spiro atoms. The van der Waals surface area contributed by atoms with Gasteiger partial charge in [-0.15, -0.1) is 0 Å². The zero-order valence-electron chi connectivity index (χ0n) is 14.2. The number of hydrogen-bond acceptors (Lipinski definition) is 1. The van der Waals surface area contributed by atoms with Gasteiger partial charge >= 0.3 is 0 Å². The van der Waals surface area contributed by atoms with Gasteiger partial charge in [-0.2, -0.15) is 0 Å². The Balaban J connectivity index is 1.63. The standard InChI is InChI=1S/C23H24O/c1-23(15-14-18-10-5-6-13-21(18)22(23)24)20-12-7-11-19(16-20)17-8-3-2-4-9-17/h2-10,12-13,19-20H,11,14-16H2,1H3/t19-,20+,23+/m0/s1. The molecule has 122 valence electrons. The number of hydrogen-bond donors (Lipinski definition) is 0. The number of aryl methyl sites for hydroxylation is 1. The van der Waals surface area contributed by atoms with E-state index in [4.69, 9.17) is 0 Å². The highest BCUT2D eigenvalue weighted by molar-refractivity contribution is 6.02. The lowest BCUT2D eigenvalue weighted by molar-refractivity contribution is 0.0685. The Kier molecular flexibility index (Phi) is 3.88. The van der Waals surface area contributed by atoms with Crippen molar-refractivity contribution in [3.05, 3.63) is 83.4 Å². The maximum atomic E-state index is 13.2. The van der Waals surface area contributed by atoms with E-state index < -0.39 is 0 Å². The molecule has 24 heavy (non-hydrogen) atoms. The molecule has 0 heterocycles. The molecular weight excluding hydrogens is 292 g/mol. The Labute approximate surface area is 144 Å². The van der Waals surface area contributed by atoms with Crippen LogP contribution in [-0.4, -0.2) is 5.78 Å². The molecule has 0 saturated carbocycles. The van der Waals surface area contributed by atoms with E-state index in [0.717, 1.165) is 31.2 Å². The molecule has 2 aliphatic rings. The molecule has 1 nitrogen and oxygen atoms in total. The van der Waals surface area contributed by atoms with E-state index in [-0.39, 0.29) is 5.41 Å². The molecule has 2 aromatic rings. The van der Waals surface area contributed by atoms with Crippen LogP contribution in [-0.2, 0) is 6.42 Å². The second-order valence-electron chi connectivity index (χ2n) is 7.52. The summed E-state index contributed by atoms with van der Waals surface area (Å²) in [7, 11) is 0. The van der Waals surface area contributed by atoms with Crippen molar-refractivity contribution in [1.29, 1.82) is 0 Å². The van der Waals surface area contributed by atoms with Crippen LogP contribution in [0.2, 0.25) is 0 Å². The minimum atomic E-state index is -0.266. The third-order valence-corrected chi connectivity index (χ3v) is 6.11. The number of rotatable bonds is 2. The number of ketones is 1. The van der Waals surface area contributed by atoms with Gasteiger partial charge in [-0.25, -0.2) is 0 Å². The highest BCUT2D eigenvalue weighted by Gasteiger charge is 2.44. The summed E-state index contributed by atoms with van der Waals surface area (Å²) in [5, 5.41) is 0. The van der Waals surface area contributed by atoms with Crippen LogP contribution in [0.1, 0.15) is 53.6 Å². The van der Waals surface area contributed by atoms with Gasteiger partial charge in [0.05, 0.1) is 0 Å². The van der Waals surface area contributed by atoms with E-state index in [9.17, 15) is 4.79 Å². The molecule has 0 aromatic heterocycles. The molecule has 0 N–H and O–H groups in total. The average Bonchev–Trinajstić information content (AvgIpc) is 2.66. The van der Waals surface area contributed by atoms with Gasteiger partial charge in [0.2, 0.25) is 0 Å². The second kappa shape index (κ2) is 6.05. The summed E-state index contributed by atoms with van der Waals surface area (Å²) in [5.74, 6) is 1.20. The average molecular weight is 316 g/mol. The van der Waals surface area contributed by atoms with E-state index in [0.29, 0.717) is 17.6 Å². The molecule has 4 rings (SSSR count). The van der Waals surface area contributed by atoms with Gasteiger partial charge in [0.15, 0.2) is 5.78 Å². The molecule has 0 aliphatic heterocycles. The fraction of sp³-hybridized carbons (Fsp3) is 0.348. The van der Waals surface area contributed by atoms with E-state index in [1.165, 1.54) is 11.1 Å². The van der Waals surface area contributed by atoms with Crippen LogP contribution < -0.4 is 0 Å². The van der Waals surface area contributed by atoms with Gasteiger partial charge in [-0.3, -0.25) is 4.79 Å². The van der Waals surface area contributed by atoms with Gasteiger partial charge in [0.1, 0.15) is 0 Å². The van der Waals surface area contributed by atoms with Gasteiger partial charge in [0.25, 0.3) is 0 Å². The first-order chi connectivity index (χ1) is 11.7. The zero-order chi connectivity index (χ0) is 16.6. The molecule has 0 fully saturated rings. The van der Waals surface area contributed by atoms with Crippen molar-refractivity contribution in [3.63, 3.8) is 0 Å². The maximum Gasteiger partial charge on any atom is 0.169 e. The Morgan fingerprint density at radius 1 is 1.00 bits per heavy atom. The predicted molar refractivity (Wildman–Crippen MR) is 98.2 cm³/mol. The molecule has 0 bridgehead atoms. The lowest BCUT2D eigenvalue weighted by Gasteiger charge is -2.41. The van der Waals surface area contributed by atoms with Gasteiger partial charge in [-0.05, 0) is 48.6 Å². The van der Waals surface area contributed by atoms with Gasteiger partial charge < -0.3 is 0 Å².